The van der Waals surface area contributed by atoms with Crippen LogP contribution in [0.2, 0.25) is 0 Å². The molecule has 0 atom stereocenters. The highest BCUT2D eigenvalue weighted by atomic mass is 16.3. The maximum Gasteiger partial charge on any atom is 0.143 e. The van der Waals surface area contributed by atoms with Crippen LogP contribution < -0.4 is 0 Å². The maximum atomic E-state index is 6.67. The Morgan fingerprint density at radius 3 is 1.18 bits per heavy atom. The number of benzene rings is 15. The predicted octanol–water partition coefficient (Wildman–Crippen LogP) is 21.7. The highest BCUT2D eigenvalue weighted by molar-refractivity contribution is 6.26. The van der Waals surface area contributed by atoms with E-state index in [9.17, 15) is 0 Å². The van der Waals surface area contributed by atoms with Gasteiger partial charge in [0, 0.05) is 21.9 Å². The van der Waals surface area contributed by atoms with Gasteiger partial charge in [0.05, 0.1) is 0 Å². The van der Waals surface area contributed by atoms with E-state index < -0.39 is 0 Å². The summed E-state index contributed by atoms with van der Waals surface area (Å²) < 4.78 is 6.67. The quantitative estimate of drug-likeness (QED) is 0.151. The van der Waals surface area contributed by atoms with E-state index in [0.717, 1.165) is 27.5 Å². The lowest BCUT2D eigenvalue weighted by Gasteiger charge is -2.19. The second-order valence-corrected chi connectivity index (χ2v) is 20.6. The van der Waals surface area contributed by atoms with Crippen LogP contribution in [0, 0.1) is 0 Å². The molecule has 15 aromatic carbocycles. The lowest BCUT2D eigenvalue weighted by Crippen LogP contribution is -1.92. The minimum absolute atomic E-state index is 0.907. The molecule has 1 nitrogen and oxygen atoms in total. The van der Waals surface area contributed by atoms with Gasteiger partial charge in [0.2, 0.25) is 0 Å². The summed E-state index contributed by atoms with van der Waals surface area (Å²) in [6.07, 6.45) is 0. The number of fused-ring (bicyclic) bond motifs is 10. The van der Waals surface area contributed by atoms with Crippen molar-refractivity contribution in [1.29, 1.82) is 0 Å². The largest absolute Gasteiger partial charge is 0.455 e. The number of furan rings is 1. The van der Waals surface area contributed by atoms with Crippen molar-refractivity contribution in [1.82, 2.24) is 0 Å². The zero-order valence-corrected chi connectivity index (χ0v) is 42.0. The molecule has 0 spiro atoms. The fraction of sp³-hybridized carbons (Fsp3) is 0. The molecule has 16 aromatic rings. The van der Waals surface area contributed by atoms with Gasteiger partial charge in [-0.1, -0.05) is 249 Å². The Bertz CT molecular complexity index is 5000. The first-order chi connectivity index (χ1) is 38.2. The molecule has 0 aliphatic rings. The molecule has 1 heteroatoms. The van der Waals surface area contributed by atoms with Gasteiger partial charge in [0.15, 0.2) is 0 Å². The molecule has 0 N–H and O–H groups in total. The zero-order valence-electron chi connectivity index (χ0n) is 42.0. The van der Waals surface area contributed by atoms with Gasteiger partial charge in [-0.3, -0.25) is 0 Å². The van der Waals surface area contributed by atoms with E-state index in [1.807, 2.05) is 6.07 Å². The lowest BCUT2D eigenvalue weighted by molar-refractivity contribution is 0.670. The Labute approximate surface area is 445 Å². The number of hydrogen-bond acceptors (Lipinski definition) is 1. The molecule has 0 aliphatic heterocycles. The van der Waals surface area contributed by atoms with Crippen molar-refractivity contribution in [3.05, 3.63) is 279 Å². The standard InChI is InChI=1S/C76H46O/c1-2-18-48-45-55(38-37-47(48)17-1)73-63-26-5-3-24-61(63)72(62-25-4-6-27-64(62)73)54-22-13-19-53(46-54)56-32-14-20-51-43-49(39-41-57(51)56)50-40-42-58-52(44-50)21-15-33-60(58)74-65-28-7-9-30-67(65)75(68-31-10-8-29-66(68)74)70-35-16-34-69-59-23-11-12-36-71(59)77-76(69)70/h1-46H. The van der Waals surface area contributed by atoms with Crippen LogP contribution in [0.5, 0.6) is 0 Å². The molecule has 0 bridgehead atoms. The summed E-state index contributed by atoms with van der Waals surface area (Å²) in [7, 11) is 0. The van der Waals surface area contributed by atoms with Crippen molar-refractivity contribution in [3.8, 4) is 66.8 Å². The molecule has 0 aliphatic carbocycles. The van der Waals surface area contributed by atoms with Gasteiger partial charge >= 0.3 is 0 Å². The smallest absolute Gasteiger partial charge is 0.143 e. The van der Waals surface area contributed by atoms with Crippen LogP contribution in [0.25, 0.3) is 164 Å². The molecule has 77 heavy (non-hydrogen) atoms. The predicted molar refractivity (Wildman–Crippen MR) is 329 cm³/mol. The summed E-state index contributed by atoms with van der Waals surface area (Å²) in [5.41, 5.74) is 16.4. The van der Waals surface area contributed by atoms with Crippen LogP contribution in [0.15, 0.2) is 283 Å². The van der Waals surface area contributed by atoms with Crippen LogP contribution >= 0.6 is 0 Å². The molecule has 0 saturated carbocycles. The Morgan fingerprint density at radius 2 is 0.571 bits per heavy atom. The number of rotatable bonds is 6. The van der Waals surface area contributed by atoms with E-state index in [2.05, 4.69) is 273 Å². The lowest BCUT2D eigenvalue weighted by atomic mass is 9.84. The van der Waals surface area contributed by atoms with Gasteiger partial charge in [-0.05, 0) is 161 Å². The van der Waals surface area contributed by atoms with Gasteiger partial charge in [-0.15, -0.1) is 0 Å². The summed E-state index contributed by atoms with van der Waals surface area (Å²) in [4.78, 5) is 0. The van der Waals surface area contributed by atoms with Crippen molar-refractivity contribution in [2.45, 2.75) is 0 Å². The monoisotopic (exact) mass is 974 g/mol. The number of para-hydroxylation sites is 2. The highest BCUT2D eigenvalue weighted by Crippen LogP contribution is 2.49. The van der Waals surface area contributed by atoms with E-state index in [4.69, 9.17) is 4.42 Å². The SMILES string of the molecule is c1cc(-c2cccc3cc(-c4ccc5c(-c6c7ccccc7c(-c7cccc8c7oc7ccccc78)c7ccccc67)cccc5c4)ccc23)cc(-c2c3ccccc3c(-c3ccc4ccccc4c3)c3ccccc23)c1. The van der Waals surface area contributed by atoms with Crippen molar-refractivity contribution in [3.63, 3.8) is 0 Å². The third kappa shape index (κ3) is 6.81. The first kappa shape index (κ1) is 43.3. The molecule has 0 unspecified atom stereocenters. The second-order valence-electron chi connectivity index (χ2n) is 20.6. The van der Waals surface area contributed by atoms with E-state index in [1.165, 1.54) is 137 Å². The van der Waals surface area contributed by atoms with Gasteiger partial charge in [0.1, 0.15) is 11.2 Å². The fourth-order valence-corrected chi connectivity index (χ4v) is 13.0. The zero-order chi connectivity index (χ0) is 50.6. The van der Waals surface area contributed by atoms with Crippen LogP contribution in [0.1, 0.15) is 0 Å². The molecular weight excluding hydrogens is 929 g/mol. The van der Waals surface area contributed by atoms with Crippen LogP contribution in [-0.4, -0.2) is 0 Å². The molecule has 0 saturated heterocycles. The first-order valence-electron chi connectivity index (χ1n) is 26.6. The van der Waals surface area contributed by atoms with Gasteiger partial charge < -0.3 is 4.42 Å². The van der Waals surface area contributed by atoms with Crippen molar-refractivity contribution >= 4 is 97.3 Å². The molecule has 0 radical (unpaired) electrons. The van der Waals surface area contributed by atoms with Crippen LogP contribution in [0.4, 0.5) is 0 Å². The number of hydrogen-bond donors (Lipinski definition) is 0. The van der Waals surface area contributed by atoms with Crippen molar-refractivity contribution in [2.75, 3.05) is 0 Å². The Morgan fingerprint density at radius 1 is 0.182 bits per heavy atom. The summed E-state index contributed by atoms with van der Waals surface area (Å²) in [5.74, 6) is 0. The molecule has 1 heterocycles. The molecule has 16 rings (SSSR count). The van der Waals surface area contributed by atoms with Crippen LogP contribution in [0.3, 0.4) is 0 Å². The topological polar surface area (TPSA) is 13.1 Å². The average Bonchev–Trinajstić information content (AvgIpc) is 4.01. The Kier molecular flexibility index (Phi) is 9.71. The fourth-order valence-electron chi connectivity index (χ4n) is 13.0. The molecule has 0 fully saturated rings. The first-order valence-corrected chi connectivity index (χ1v) is 26.6. The van der Waals surface area contributed by atoms with Gasteiger partial charge in [-0.25, -0.2) is 0 Å². The minimum Gasteiger partial charge on any atom is -0.455 e. The summed E-state index contributed by atoms with van der Waals surface area (Å²) in [6, 6.07) is 103. The molecule has 1 aromatic heterocycles. The molecule has 0 amide bonds. The van der Waals surface area contributed by atoms with Crippen molar-refractivity contribution in [2.24, 2.45) is 0 Å². The second kappa shape index (κ2) is 17.2. The van der Waals surface area contributed by atoms with Gasteiger partial charge in [-0.2, -0.15) is 0 Å². The van der Waals surface area contributed by atoms with E-state index in [0.29, 0.717) is 0 Å². The van der Waals surface area contributed by atoms with E-state index in [-0.39, 0.29) is 0 Å². The summed E-state index contributed by atoms with van der Waals surface area (Å²) in [6.45, 7) is 0. The maximum absolute atomic E-state index is 6.67. The molecular formula is C76H46O. The normalized spacial score (nSPS) is 11.9. The van der Waals surface area contributed by atoms with Gasteiger partial charge in [0.25, 0.3) is 0 Å². The Balaban J connectivity index is 0.788. The molecule has 356 valence electrons. The van der Waals surface area contributed by atoms with Crippen molar-refractivity contribution < 1.29 is 4.42 Å². The minimum atomic E-state index is 0.907. The average molecular weight is 975 g/mol. The highest BCUT2D eigenvalue weighted by Gasteiger charge is 2.22. The summed E-state index contributed by atoms with van der Waals surface area (Å²) >= 11 is 0. The van der Waals surface area contributed by atoms with E-state index in [1.54, 1.807) is 0 Å². The van der Waals surface area contributed by atoms with E-state index >= 15 is 0 Å². The third-order valence-corrected chi connectivity index (χ3v) is 16.4. The van der Waals surface area contributed by atoms with Crippen LogP contribution in [-0.2, 0) is 0 Å². The Hall–Kier alpha value is -10.1. The summed E-state index contributed by atoms with van der Waals surface area (Å²) in [5, 5.41) is 19.5. The third-order valence-electron chi connectivity index (χ3n) is 16.4.